The van der Waals surface area contributed by atoms with Gasteiger partial charge in [0.2, 0.25) is 0 Å². The summed E-state index contributed by atoms with van der Waals surface area (Å²) in [6, 6.07) is 4.15. The predicted octanol–water partition coefficient (Wildman–Crippen LogP) is 1.14. The Bertz CT molecular complexity index is 417. The SMILES string of the molecule is Cc1ccn2c(CCN)cnc2c1. The molecule has 2 heterocycles. The molecule has 0 amide bonds. The number of imidazole rings is 1. The summed E-state index contributed by atoms with van der Waals surface area (Å²) in [4.78, 5) is 4.31. The Hall–Kier alpha value is -1.35. The summed E-state index contributed by atoms with van der Waals surface area (Å²) in [5, 5.41) is 0. The second-order valence-corrected chi connectivity index (χ2v) is 3.22. The van der Waals surface area contributed by atoms with Crippen LogP contribution in [0.1, 0.15) is 11.3 Å². The topological polar surface area (TPSA) is 43.3 Å². The highest BCUT2D eigenvalue weighted by molar-refractivity contribution is 5.42. The Balaban J connectivity index is 2.55. The number of fused-ring (bicyclic) bond motifs is 1. The van der Waals surface area contributed by atoms with Gasteiger partial charge in [0.1, 0.15) is 5.65 Å². The third-order valence-electron chi connectivity index (χ3n) is 2.15. The average molecular weight is 175 g/mol. The minimum atomic E-state index is 0.668. The molecule has 0 saturated heterocycles. The number of aromatic nitrogens is 2. The van der Waals surface area contributed by atoms with Crippen molar-refractivity contribution in [3.8, 4) is 0 Å². The van der Waals surface area contributed by atoms with Crippen molar-refractivity contribution in [1.82, 2.24) is 9.38 Å². The second-order valence-electron chi connectivity index (χ2n) is 3.22. The van der Waals surface area contributed by atoms with Gasteiger partial charge >= 0.3 is 0 Å². The van der Waals surface area contributed by atoms with Crippen LogP contribution in [0.25, 0.3) is 5.65 Å². The highest BCUT2D eigenvalue weighted by atomic mass is 15.0. The van der Waals surface area contributed by atoms with Gasteiger partial charge in [0, 0.05) is 24.5 Å². The van der Waals surface area contributed by atoms with Crippen molar-refractivity contribution in [2.75, 3.05) is 6.54 Å². The molecule has 2 aromatic rings. The van der Waals surface area contributed by atoms with Gasteiger partial charge in [-0.25, -0.2) is 4.98 Å². The quantitative estimate of drug-likeness (QED) is 0.744. The lowest BCUT2D eigenvalue weighted by Gasteiger charge is -1.99. The van der Waals surface area contributed by atoms with Crippen LogP contribution in [0.5, 0.6) is 0 Å². The first-order valence-electron chi connectivity index (χ1n) is 4.44. The van der Waals surface area contributed by atoms with E-state index in [0.717, 1.165) is 12.1 Å². The zero-order valence-electron chi connectivity index (χ0n) is 7.70. The van der Waals surface area contributed by atoms with Crippen LogP contribution in [0, 0.1) is 6.92 Å². The molecular weight excluding hydrogens is 162 g/mol. The fraction of sp³-hybridized carbons (Fsp3) is 0.300. The van der Waals surface area contributed by atoms with E-state index < -0.39 is 0 Å². The molecule has 0 unspecified atom stereocenters. The molecule has 0 atom stereocenters. The monoisotopic (exact) mass is 175 g/mol. The van der Waals surface area contributed by atoms with Crippen LogP contribution >= 0.6 is 0 Å². The van der Waals surface area contributed by atoms with E-state index >= 15 is 0 Å². The molecule has 0 aliphatic heterocycles. The minimum Gasteiger partial charge on any atom is -0.330 e. The molecule has 0 radical (unpaired) electrons. The summed E-state index contributed by atoms with van der Waals surface area (Å²) >= 11 is 0. The zero-order chi connectivity index (χ0) is 9.26. The number of nitrogens with zero attached hydrogens (tertiary/aromatic N) is 2. The number of rotatable bonds is 2. The molecular formula is C10H13N3. The molecule has 3 nitrogen and oxygen atoms in total. The Labute approximate surface area is 77.2 Å². The molecule has 13 heavy (non-hydrogen) atoms. The van der Waals surface area contributed by atoms with Gasteiger partial charge in [-0.15, -0.1) is 0 Å². The van der Waals surface area contributed by atoms with E-state index in [0.29, 0.717) is 6.54 Å². The summed E-state index contributed by atoms with van der Waals surface area (Å²) in [5.74, 6) is 0. The van der Waals surface area contributed by atoms with E-state index in [1.807, 2.05) is 12.4 Å². The van der Waals surface area contributed by atoms with Crippen LogP contribution in [-0.4, -0.2) is 15.9 Å². The Morgan fingerprint density at radius 3 is 3.15 bits per heavy atom. The number of nitrogens with two attached hydrogens (primary N) is 1. The maximum atomic E-state index is 5.50. The van der Waals surface area contributed by atoms with Crippen molar-refractivity contribution in [2.24, 2.45) is 5.73 Å². The molecule has 0 spiro atoms. The Kier molecular flexibility index (Phi) is 2.02. The fourth-order valence-electron chi connectivity index (χ4n) is 1.47. The largest absolute Gasteiger partial charge is 0.330 e. The van der Waals surface area contributed by atoms with Crippen LogP contribution in [0.2, 0.25) is 0 Å². The van der Waals surface area contributed by atoms with Crippen LogP contribution in [-0.2, 0) is 6.42 Å². The van der Waals surface area contributed by atoms with Crippen molar-refractivity contribution >= 4 is 5.65 Å². The number of pyridine rings is 1. The molecule has 0 aliphatic carbocycles. The molecule has 0 fully saturated rings. The minimum absolute atomic E-state index is 0.668. The van der Waals surface area contributed by atoms with Crippen molar-refractivity contribution in [3.63, 3.8) is 0 Å². The first kappa shape index (κ1) is 8.26. The molecule has 3 heteroatoms. The lowest BCUT2D eigenvalue weighted by atomic mass is 10.3. The lowest BCUT2D eigenvalue weighted by Crippen LogP contribution is -2.04. The molecule has 0 bridgehead atoms. The molecule has 2 aromatic heterocycles. The van der Waals surface area contributed by atoms with E-state index in [2.05, 4.69) is 28.4 Å². The van der Waals surface area contributed by atoms with Gasteiger partial charge in [-0.1, -0.05) is 0 Å². The maximum Gasteiger partial charge on any atom is 0.137 e. The summed E-state index contributed by atoms with van der Waals surface area (Å²) < 4.78 is 2.08. The lowest BCUT2D eigenvalue weighted by molar-refractivity contribution is 0.904. The molecule has 0 saturated carbocycles. The van der Waals surface area contributed by atoms with Crippen LogP contribution < -0.4 is 5.73 Å². The smallest absolute Gasteiger partial charge is 0.137 e. The van der Waals surface area contributed by atoms with Crippen molar-refractivity contribution in [2.45, 2.75) is 13.3 Å². The predicted molar refractivity (Wildman–Crippen MR) is 52.7 cm³/mol. The van der Waals surface area contributed by atoms with Crippen molar-refractivity contribution < 1.29 is 0 Å². The van der Waals surface area contributed by atoms with Gasteiger partial charge in [0.15, 0.2) is 0 Å². The van der Waals surface area contributed by atoms with Crippen LogP contribution in [0.3, 0.4) is 0 Å². The van der Waals surface area contributed by atoms with E-state index in [1.54, 1.807) is 0 Å². The van der Waals surface area contributed by atoms with Crippen molar-refractivity contribution in [1.29, 1.82) is 0 Å². The first-order valence-corrected chi connectivity index (χ1v) is 4.44. The first-order chi connectivity index (χ1) is 6.31. The van der Waals surface area contributed by atoms with E-state index in [9.17, 15) is 0 Å². The van der Waals surface area contributed by atoms with E-state index in [4.69, 9.17) is 5.73 Å². The number of hydrogen-bond donors (Lipinski definition) is 1. The molecule has 2 N–H and O–H groups in total. The van der Waals surface area contributed by atoms with Crippen molar-refractivity contribution in [3.05, 3.63) is 35.8 Å². The van der Waals surface area contributed by atoms with Gasteiger partial charge in [0.25, 0.3) is 0 Å². The van der Waals surface area contributed by atoms with Crippen LogP contribution in [0.15, 0.2) is 24.5 Å². The van der Waals surface area contributed by atoms with Gasteiger partial charge in [0.05, 0.1) is 0 Å². The average Bonchev–Trinajstić information content (AvgIpc) is 2.49. The summed E-state index contributed by atoms with van der Waals surface area (Å²) in [7, 11) is 0. The van der Waals surface area contributed by atoms with Gasteiger partial charge < -0.3 is 10.1 Å². The van der Waals surface area contributed by atoms with E-state index in [-0.39, 0.29) is 0 Å². The zero-order valence-corrected chi connectivity index (χ0v) is 7.70. The summed E-state index contributed by atoms with van der Waals surface area (Å²) in [5.41, 5.74) is 8.91. The third kappa shape index (κ3) is 1.42. The molecule has 2 rings (SSSR count). The van der Waals surface area contributed by atoms with E-state index in [1.165, 1.54) is 11.3 Å². The fourth-order valence-corrected chi connectivity index (χ4v) is 1.47. The normalized spacial score (nSPS) is 10.9. The maximum absolute atomic E-state index is 5.50. The second kappa shape index (κ2) is 3.18. The standard InChI is InChI=1S/C10H13N3/c1-8-3-5-13-9(2-4-11)7-12-10(13)6-8/h3,5-7H,2,4,11H2,1H3. The third-order valence-corrected chi connectivity index (χ3v) is 2.15. The number of hydrogen-bond acceptors (Lipinski definition) is 2. The summed E-state index contributed by atoms with van der Waals surface area (Å²) in [6.07, 6.45) is 4.81. The van der Waals surface area contributed by atoms with Gasteiger partial charge in [-0.2, -0.15) is 0 Å². The molecule has 0 aromatic carbocycles. The highest BCUT2D eigenvalue weighted by Crippen LogP contribution is 2.08. The molecule has 0 aliphatic rings. The summed E-state index contributed by atoms with van der Waals surface area (Å²) in [6.45, 7) is 2.74. The van der Waals surface area contributed by atoms with Gasteiger partial charge in [-0.05, 0) is 31.2 Å². The van der Waals surface area contributed by atoms with Crippen LogP contribution in [0.4, 0.5) is 0 Å². The molecule has 68 valence electrons. The number of aryl methyl sites for hydroxylation is 1. The van der Waals surface area contributed by atoms with Gasteiger partial charge in [-0.3, -0.25) is 0 Å². The highest BCUT2D eigenvalue weighted by Gasteiger charge is 2.00. The Morgan fingerprint density at radius 2 is 2.38 bits per heavy atom. The Morgan fingerprint density at radius 1 is 1.54 bits per heavy atom.